The van der Waals surface area contributed by atoms with Gasteiger partial charge in [0.15, 0.2) is 5.78 Å². The fourth-order valence-corrected chi connectivity index (χ4v) is 3.27. The van der Waals surface area contributed by atoms with Crippen LogP contribution in [-0.2, 0) is 6.54 Å². The van der Waals surface area contributed by atoms with Gasteiger partial charge in [0.25, 0.3) is 0 Å². The van der Waals surface area contributed by atoms with Gasteiger partial charge in [0.2, 0.25) is 0 Å². The van der Waals surface area contributed by atoms with Crippen LogP contribution in [0.3, 0.4) is 0 Å². The highest BCUT2D eigenvalue weighted by Crippen LogP contribution is 2.22. The van der Waals surface area contributed by atoms with Gasteiger partial charge in [0.05, 0.1) is 5.56 Å². The highest BCUT2D eigenvalue weighted by atomic mass is 19.1. The second kappa shape index (κ2) is 7.57. The van der Waals surface area contributed by atoms with E-state index in [1.807, 2.05) is 12.1 Å². The van der Waals surface area contributed by atoms with E-state index in [9.17, 15) is 14.0 Å². The van der Waals surface area contributed by atoms with E-state index < -0.39 is 5.97 Å². The van der Waals surface area contributed by atoms with E-state index in [2.05, 4.69) is 4.90 Å². The third-order valence-corrected chi connectivity index (χ3v) is 4.61. The highest BCUT2D eigenvalue weighted by Gasteiger charge is 2.26. The van der Waals surface area contributed by atoms with Crippen LogP contribution in [0, 0.1) is 11.7 Å². The van der Waals surface area contributed by atoms with Crippen molar-refractivity contribution in [3.8, 4) is 0 Å². The molecule has 25 heavy (non-hydrogen) atoms. The van der Waals surface area contributed by atoms with Gasteiger partial charge in [-0.25, -0.2) is 9.18 Å². The molecule has 1 aliphatic heterocycles. The lowest BCUT2D eigenvalue weighted by Crippen LogP contribution is -2.38. The number of rotatable bonds is 5. The number of halogens is 1. The molecule has 1 unspecified atom stereocenters. The number of carbonyl (C=O) groups excluding carboxylic acids is 1. The summed E-state index contributed by atoms with van der Waals surface area (Å²) < 4.78 is 13.0. The van der Waals surface area contributed by atoms with E-state index in [0.717, 1.165) is 24.9 Å². The number of carboxylic acid groups (broad SMARTS) is 1. The quantitative estimate of drug-likeness (QED) is 0.844. The molecule has 2 aromatic carbocycles. The van der Waals surface area contributed by atoms with Gasteiger partial charge in [-0.3, -0.25) is 9.69 Å². The normalized spacial score (nSPS) is 18.0. The van der Waals surface area contributed by atoms with Crippen molar-refractivity contribution in [3.05, 3.63) is 71.0 Å². The molecule has 0 amide bonds. The zero-order valence-electron chi connectivity index (χ0n) is 13.8. The third kappa shape index (κ3) is 4.31. The van der Waals surface area contributed by atoms with Crippen molar-refractivity contribution in [2.24, 2.45) is 5.92 Å². The molecule has 0 aromatic heterocycles. The molecular weight excluding hydrogens is 321 g/mol. The van der Waals surface area contributed by atoms with E-state index in [-0.39, 0.29) is 23.1 Å². The van der Waals surface area contributed by atoms with Crippen LogP contribution in [0.5, 0.6) is 0 Å². The van der Waals surface area contributed by atoms with Crippen LogP contribution in [0.2, 0.25) is 0 Å². The predicted octanol–water partition coefficient (Wildman–Crippen LogP) is 3.62. The van der Waals surface area contributed by atoms with Crippen LogP contribution in [0.1, 0.15) is 39.1 Å². The Morgan fingerprint density at radius 3 is 2.32 bits per heavy atom. The van der Waals surface area contributed by atoms with Crippen LogP contribution >= 0.6 is 0 Å². The van der Waals surface area contributed by atoms with Crippen LogP contribution in [0.15, 0.2) is 48.5 Å². The maximum atomic E-state index is 13.0. The van der Waals surface area contributed by atoms with Crippen molar-refractivity contribution < 1.29 is 19.1 Å². The summed E-state index contributed by atoms with van der Waals surface area (Å²) in [6.07, 6.45) is 1.77. The smallest absolute Gasteiger partial charge is 0.335 e. The van der Waals surface area contributed by atoms with Gasteiger partial charge in [-0.05, 0) is 61.3 Å². The van der Waals surface area contributed by atoms with Crippen molar-refractivity contribution in [1.82, 2.24) is 4.90 Å². The molecule has 0 spiro atoms. The molecule has 2 aromatic rings. The van der Waals surface area contributed by atoms with E-state index in [1.54, 1.807) is 24.3 Å². The molecule has 1 heterocycles. The van der Waals surface area contributed by atoms with Gasteiger partial charge in [0.1, 0.15) is 5.82 Å². The molecule has 1 atom stereocenters. The first kappa shape index (κ1) is 17.3. The first-order chi connectivity index (χ1) is 12.0. The van der Waals surface area contributed by atoms with Crippen molar-refractivity contribution in [2.75, 3.05) is 13.1 Å². The molecule has 0 bridgehead atoms. The number of ketones is 1. The molecular formula is C20H20FNO3. The van der Waals surface area contributed by atoms with Gasteiger partial charge in [-0.15, -0.1) is 0 Å². The number of hydrogen-bond acceptors (Lipinski definition) is 3. The summed E-state index contributed by atoms with van der Waals surface area (Å²) in [4.78, 5) is 25.7. The Hall–Kier alpha value is -2.53. The third-order valence-electron chi connectivity index (χ3n) is 4.61. The number of piperidine rings is 1. The average Bonchev–Trinajstić information content (AvgIpc) is 2.62. The maximum Gasteiger partial charge on any atom is 0.335 e. The number of carbonyl (C=O) groups is 2. The predicted molar refractivity (Wildman–Crippen MR) is 92.1 cm³/mol. The van der Waals surface area contributed by atoms with Gasteiger partial charge in [0, 0.05) is 24.6 Å². The Kier molecular flexibility index (Phi) is 5.24. The van der Waals surface area contributed by atoms with Gasteiger partial charge < -0.3 is 5.11 Å². The molecule has 0 aliphatic carbocycles. The topological polar surface area (TPSA) is 57.6 Å². The molecule has 1 aliphatic rings. The van der Waals surface area contributed by atoms with E-state index >= 15 is 0 Å². The molecule has 1 fully saturated rings. The summed E-state index contributed by atoms with van der Waals surface area (Å²) in [5, 5.41) is 8.95. The number of hydrogen-bond donors (Lipinski definition) is 1. The fraction of sp³-hybridized carbons (Fsp3) is 0.300. The summed E-state index contributed by atoms with van der Waals surface area (Å²) >= 11 is 0. The minimum Gasteiger partial charge on any atom is -0.478 e. The number of benzene rings is 2. The van der Waals surface area contributed by atoms with Gasteiger partial charge in [-0.2, -0.15) is 0 Å². The number of likely N-dealkylation sites (tertiary alicyclic amines) is 1. The molecule has 1 N–H and O–H groups in total. The highest BCUT2D eigenvalue weighted by molar-refractivity contribution is 5.98. The Bertz CT molecular complexity index is 756. The lowest BCUT2D eigenvalue weighted by molar-refractivity contribution is 0.0696. The Labute approximate surface area is 145 Å². The first-order valence-electron chi connectivity index (χ1n) is 8.37. The molecule has 0 saturated carbocycles. The summed E-state index contributed by atoms with van der Waals surface area (Å²) in [5.74, 6) is -1.30. The number of nitrogens with zero attached hydrogens (tertiary/aromatic N) is 1. The van der Waals surface area contributed by atoms with Crippen molar-refractivity contribution in [3.63, 3.8) is 0 Å². The largest absolute Gasteiger partial charge is 0.478 e. The fourth-order valence-electron chi connectivity index (χ4n) is 3.27. The summed E-state index contributed by atoms with van der Waals surface area (Å²) in [6.45, 7) is 2.26. The zero-order valence-corrected chi connectivity index (χ0v) is 13.8. The first-order valence-corrected chi connectivity index (χ1v) is 8.37. The molecule has 1 saturated heterocycles. The Morgan fingerprint density at radius 2 is 1.68 bits per heavy atom. The molecule has 5 heteroatoms. The summed E-state index contributed by atoms with van der Waals surface area (Å²) in [5.41, 5.74) is 1.85. The van der Waals surface area contributed by atoms with Crippen molar-refractivity contribution >= 4 is 11.8 Å². The summed E-state index contributed by atoms with van der Waals surface area (Å²) in [6, 6.07) is 12.5. The molecule has 0 radical (unpaired) electrons. The van der Waals surface area contributed by atoms with Gasteiger partial charge in [-0.1, -0.05) is 12.1 Å². The lowest BCUT2D eigenvalue weighted by Gasteiger charge is -2.32. The lowest BCUT2D eigenvalue weighted by atomic mass is 9.90. The minimum atomic E-state index is -0.936. The minimum absolute atomic E-state index is 0.0610. The van der Waals surface area contributed by atoms with Crippen LogP contribution in [0.25, 0.3) is 0 Å². The number of Topliss-reactive ketones (excluding diaryl/α,β-unsaturated/α-hetero) is 1. The average molecular weight is 341 g/mol. The van der Waals surface area contributed by atoms with Crippen LogP contribution in [-0.4, -0.2) is 34.8 Å². The second-order valence-corrected chi connectivity index (χ2v) is 6.45. The SMILES string of the molecule is O=C(O)c1ccc(CN2CCCC(C(=O)c3ccc(F)cc3)C2)cc1. The van der Waals surface area contributed by atoms with Crippen LogP contribution < -0.4 is 0 Å². The monoisotopic (exact) mass is 341 g/mol. The van der Waals surface area contributed by atoms with E-state index in [1.165, 1.54) is 12.1 Å². The van der Waals surface area contributed by atoms with Crippen LogP contribution in [0.4, 0.5) is 4.39 Å². The Balaban J connectivity index is 1.63. The summed E-state index contributed by atoms with van der Waals surface area (Å²) in [7, 11) is 0. The Morgan fingerprint density at radius 1 is 1.04 bits per heavy atom. The number of carboxylic acids is 1. The standard InChI is InChI=1S/C20H20FNO3/c21-18-9-7-15(8-10-18)19(23)17-2-1-11-22(13-17)12-14-3-5-16(6-4-14)20(24)25/h3-10,17H,1-2,11-13H2,(H,24,25). The van der Waals surface area contributed by atoms with E-state index in [0.29, 0.717) is 18.7 Å². The van der Waals surface area contributed by atoms with E-state index in [4.69, 9.17) is 5.11 Å². The van der Waals surface area contributed by atoms with Gasteiger partial charge >= 0.3 is 5.97 Å². The zero-order chi connectivity index (χ0) is 17.8. The second-order valence-electron chi connectivity index (χ2n) is 6.45. The maximum absolute atomic E-state index is 13.0. The molecule has 130 valence electrons. The number of aromatic carboxylic acids is 1. The molecule has 3 rings (SSSR count). The van der Waals surface area contributed by atoms with Crippen molar-refractivity contribution in [2.45, 2.75) is 19.4 Å². The van der Waals surface area contributed by atoms with Crippen molar-refractivity contribution in [1.29, 1.82) is 0 Å². The molecule has 4 nitrogen and oxygen atoms in total.